The molecule has 7 heteroatoms. The molecule has 0 aromatic heterocycles. The van der Waals surface area contributed by atoms with Crippen LogP contribution in [0.25, 0.3) is 0 Å². The molecule has 1 aliphatic heterocycles. The monoisotopic (exact) mass is 281 g/mol. The van der Waals surface area contributed by atoms with Gasteiger partial charge in [0.15, 0.2) is 0 Å². The number of rotatable bonds is 5. The summed E-state index contributed by atoms with van der Waals surface area (Å²) in [6, 6.07) is 0. The Hall–Kier alpha value is -0.0000000000000000555. The second-order valence-corrected chi connectivity index (χ2v) is 7.42. The Bertz CT molecular complexity index is 373. The smallest absolute Gasteiger partial charge is 0.296 e. The van der Waals surface area contributed by atoms with E-state index in [4.69, 9.17) is 9.05 Å². The summed E-state index contributed by atoms with van der Waals surface area (Å²) < 4.78 is 36.3. The molecule has 0 saturated carbocycles. The fraction of sp³-hybridized carbons (Fsp3) is 0.800. The van der Waals surface area contributed by atoms with Crippen LogP contribution in [0.2, 0.25) is 0 Å². The minimum atomic E-state index is -3.42. The Morgan fingerprint density at radius 2 is 1.76 bits per heavy atom. The SMILES string of the molecule is CCOP(=O)(OCC)N1CC(C)=C(C)CS1=O. The Balaban J connectivity index is 2.97. The molecule has 5 nitrogen and oxygen atoms in total. The van der Waals surface area contributed by atoms with Crippen LogP contribution in [0.3, 0.4) is 0 Å². The average molecular weight is 281 g/mol. The molecule has 0 aromatic rings. The quantitative estimate of drug-likeness (QED) is 0.574. The Labute approximate surface area is 105 Å². The second-order valence-electron chi connectivity index (χ2n) is 3.84. The molecule has 0 spiro atoms. The topological polar surface area (TPSA) is 55.8 Å². The zero-order chi connectivity index (χ0) is 13.1. The van der Waals surface area contributed by atoms with Crippen LogP contribution in [0.1, 0.15) is 27.7 Å². The van der Waals surface area contributed by atoms with Gasteiger partial charge in [-0.2, -0.15) is 0 Å². The van der Waals surface area contributed by atoms with Gasteiger partial charge < -0.3 is 0 Å². The first-order valence-electron chi connectivity index (χ1n) is 5.65. The lowest BCUT2D eigenvalue weighted by molar-refractivity contribution is 0.194. The Morgan fingerprint density at radius 1 is 1.24 bits per heavy atom. The van der Waals surface area contributed by atoms with Gasteiger partial charge in [0.1, 0.15) is 11.0 Å². The summed E-state index contributed by atoms with van der Waals surface area (Å²) in [6.07, 6.45) is 0. The zero-order valence-corrected chi connectivity index (χ0v) is 12.5. The first-order valence-corrected chi connectivity index (χ1v) is 8.42. The van der Waals surface area contributed by atoms with Gasteiger partial charge in [-0.25, -0.2) is 8.77 Å². The number of hydrogen-bond acceptors (Lipinski definition) is 4. The molecule has 1 unspecified atom stereocenters. The third kappa shape index (κ3) is 3.48. The predicted octanol–water partition coefficient (Wildman–Crippen LogP) is 2.48. The van der Waals surface area contributed by atoms with Crippen LogP contribution >= 0.6 is 7.75 Å². The molecule has 1 atom stereocenters. The molecular formula is C10H20NO4PS. The van der Waals surface area contributed by atoms with E-state index >= 15 is 0 Å². The van der Waals surface area contributed by atoms with Gasteiger partial charge >= 0.3 is 7.75 Å². The maximum absolute atomic E-state index is 12.5. The largest absolute Gasteiger partial charge is 0.420 e. The molecule has 0 fully saturated rings. The van der Waals surface area contributed by atoms with Crippen LogP contribution in [0, 0.1) is 0 Å². The minimum absolute atomic E-state index is 0.271. The summed E-state index contributed by atoms with van der Waals surface area (Å²) in [7, 11) is -4.75. The van der Waals surface area contributed by atoms with E-state index in [0.29, 0.717) is 12.3 Å². The van der Waals surface area contributed by atoms with Crippen molar-refractivity contribution >= 4 is 18.7 Å². The molecule has 0 aliphatic carbocycles. The second kappa shape index (κ2) is 6.25. The summed E-state index contributed by atoms with van der Waals surface area (Å²) in [6.45, 7) is 8.28. The van der Waals surface area contributed by atoms with E-state index in [9.17, 15) is 8.77 Å². The van der Waals surface area contributed by atoms with E-state index in [0.717, 1.165) is 11.1 Å². The minimum Gasteiger partial charge on any atom is -0.296 e. The lowest BCUT2D eigenvalue weighted by Gasteiger charge is -2.32. The standard InChI is InChI=1S/C10H20NO4PS/c1-5-14-16(12,15-6-2)11-7-9(3)10(4)8-17(11)13/h5-8H2,1-4H3. The highest BCUT2D eigenvalue weighted by Crippen LogP contribution is 2.54. The Morgan fingerprint density at radius 3 is 2.24 bits per heavy atom. The van der Waals surface area contributed by atoms with Gasteiger partial charge in [0, 0.05) is 6.54 Å². The van der Waals surface area contributed by atoms with Crippen molar-refractivity contribution < 1.29 is 17.8 Å². The fourth-order valence-electron chi connectivity index (χ4n) is 1.48. The van der Waals surface area contributed by atoms with Gasteiger partial charge in [-0.1, -0.05) is 11.1 Å². The van der Waals surface area contributed by atoms with E-state index in [-0.39, 0.29) is 13.2 Å². The van der Waals surface area contributed by atoms with Crippen molar-refractivity contribution in [2.24, 2.45) is 0 Å². The average Bonchev–Trinajstić information content (AvgIpc) is 2.24. The van der Waals surface area contributed by atoms with Crippen LogP contribution in [0.15, 0.2) is 11.1 Å². The third-order valence-corrected chi connectivity index (χ3v) is 6.82. The van der Waals surface area contributed by atoms with Crippen LogP contribution in [-0.4, -0.2) is 33.8 Å². The summed E-state index contributed by atoms with van der Waals surface area (Å²) >= 11 is 0. The van der Waals surface area contributed by atoms with E-state index < -0.39 is 18.7 Å². The molecular weight excluding hydrogens is 261 g/mol. The first kappa shape index (κ1) is 15.1. The lowest BCUT2D eigenvalue weighted by Crippen LogP contribution is -2.33. The maximum Gasteiger partial charge on any atom is 0.420 e. The molecule has 0 aromatic carbocycles. The third-order valence-electron chi connectivity index (χ3n) is 2.53. The molecule has 100 valence electrons. The highest BCUT2D eigenvalue weighted by molar-refractivity contribution is 7.88. The molecule has 1 aliphatic rings. The van der Waals surface area contributed by atoms with Crippen molar-refractivity contribution in [1.82, 2.24) is 4.08 Å². The van der Waals surface area contributed by atoms with Crippen LogP contribution < -0.4 is 0 Å². The van der Waals surface area contributed by atoms with Crippen molar-refractivity contribution in [3.05, 3.63) is 11.1 Å². The summed E-state index contributed by atoms with van der Waals surface area (Å²) in [5, 5.41) is 0. The molecule has 0 radical (unpaired) electrons. The van der Waals surface area contributed by atoms with Crippen molar-refractivity contribution in [2.75, 3.05) is 25.5 Å². The maximum atomic E-state index is 12.5. The normalized spacial score (nSPS) is 23.2. The fourth-order valence-corrected chi connectivity index (χ4v) is 5.31. The lowest BCUT2D eigenvalue weighted by atomic mass is 10.2. The van der Waals surface area contributed by atoms with E-state index in [1.54, 1.807) is 13.8 Å². The molecule has 17 heavy (non-hydrogen) atoms. The van der Waals surface area contributed by atoms with E-state index in [2.05, 4.69) is 0 Å². The summed E-state index contributed by atoms with van der Waals surface area (Å²) in [4.78, 5) is 0. The van der Waals surface area contributed by atoms with E-state index in [1.807, 2.05) is 13.8 Å². The predicted molar refractivity (Wildman–Crippen MR) is 68.9 cm³/mol. The summed E-state index contributed by atoms with van der Waals surface area (Å²) in [5.74, 6) is 0.399. The van der Waals surface area contributed by atoms with Crippen molar-refractivity contribution in [3.8, 4) is 0 Å². The molecule has 1 heterocycles. The molecule has 1 rings (SSSR count). The first-order chi connectivity index (χ1) is 7.94. The van der Waals surface area contributed by atoms with Gasteiger partial charge in [-0.15, -0.1) is 4.08 Å². The zero-order valence-electron chi connectivity index (χ0n) is 10.8. The van der Waals surface area contributed by atoms with Crippen LogP contribution in [0.5, 0.6) is 0 Å². The van der Waals surface area contributed by atoms with Crippen molar-refractivity contribution in [3.63, 3.8) is 0 Å². The van der Waals surface area contributed by atoms with Gasteiger partial charge in [-0.05, 0) is 27.7 Å². The van der Waals surface area contributed by atoms with Gasteiger partial charge in [0.2, 0.25) is 0 Å². The Kier molecular flexibility index (Phi) is 5.54. The van der Waals surface area contributed by atoms with Gasteiger partial charge in [0.05, 0.1) is 19.0 Å². The molecule has 0 amide bonds. The number of nitrogens with zero attached hydrogens (tertiary/aromatic N) is 1. The molecule has 0 bridgehead atoms. The van der Waals surface area contributed by atoms with Crippen molar-refractivity contribution in [1.29, 1.82) is 0 Å². The molecule has 0 N–H and O–H groups in total. The van der Waals surface area contributed by atoms with Crippen molar-refractivity contribution in [2.45, 2.75) is 27.7 Å². The van der Waals surface area contributed by atoms with Gasteiger partial charge in [-0.3, -0.25) is 9.05 Å². The highest BCUT2D eigenvalue weighted by Gasteiger charge is 2.39. The molecule has 0 saturated heterocycles. The van der Waals surface area contributed by atoms with Gasteiger partial charge in [0.25, 0.3) is 0 Å². The van der Waals surface area contributed by atoms with Crippen LogP contribution in [-0.2, 0) is 24.6 Å². The van der Waals surface area contributed by atoms with Crippen LogP contribution in [0.4, 0.5) is 0 Å². The van der Waals surface area contributed by atoms with E-state index in [1.165, 1.54) is 4.08 Å². The highest BCUT2D eigenvalue weighted by atomic mass is 32.2. The summed E-state index contributed by atoms with van der Waals surface area (Å²) in [5.41, 5.74) is 2.16. The number of hydrogen-bond donors (Lipinski definition) is 0.